The van der Waals surface area contributed by atoms with Crippen LogP contribution in [-0.4, -0.2) is 32.4 Å². The van der Waals surface area contributed by atoms with E-state index in [1.54, 1.807) is 55.6 Å². The summed E-state index contributed by atoms with van der Waals surface area (Å²) in [4.78, 5) is 38.7. The van der Waals surface area contributed by atoms with Gasteiger partial charge < -0.3 is 10.0 Å². The van der Waals surface area contributed by atoms with Gasteiger partial charge in [-0.3, -0.25) is 14.2 Å². The first-order valence-corrected chi connectivity index (χ1v) is 9.12. The lowest BCUT2D eigenvalue weighted by atomic mass is 10.2. The Kier molecular flexibility index (Phi) is 5.95. The molecular weight excluding hydrogens is 396 g/mol. The number of hydrogen-bond donors (Lipinski definition) is 1. The molecule has 0 radical (unpaired) electrons. The number of anilines is 1. The average Bonchev–Trinajstić information content (AvgIpc) is 2.72. The standard InChI is InChI=1S/C20H19ClN4O4/c1-13(27)23(2)16-4-3-5-17(10-16)25-20(29)24(19(28)18(12-26)22-25)11-14-6-8-15(21)9-7-14/h3-10,26H,11-12H2,1-2H3. The summed E-state index contributed by atoms with van der Waals surface area (Å²) in [6, 6.07) is 13.4. The lowest BCUT2D eigenvalue weighted by Crippen LogP contribution is -2.43. The maximum Gasteiger partial charge on any atom is 0.352 e. The van der Waals surface area contributed by atoms with E-state index < -0.39 is 17.9 Å². The highest BCUT2D eigenvalue weighted by Gasteiger charge is 2.15. The van der Waals surface area contributed by atoms with Crippen molar-refractivity contribution >= 4 is 23.2 Å². The molecule has 1 heterocycles. The Morgan fingerprint density at radius 2 is 1.86 bits per heavy atom. The van der Waals surface area contributed by atoms with Gasteiger partial charge in [0.1, 0.15) is 0 Å². The number of aliphatic hydroxyl groups excluding tert-OH is 1. The van der Waals surface area contributed by atoms with Crippen molar-refractivity contribution in [3.8, 4) is 5.69 Å². The fourth-order valence-corrected chi connectivity index (χ4v) is 2.88. The van der Waals surface area contributed by atoms with Crippen LogP contribution in [-0.2, 0) is 17.9 Å². The van der Waals surface area contributed by atoms with E-state index in [2.05, 4.69) is 5.10 Å². The number of amides is 1. The quantitative estimate of drug-likeness (QED) is 0.683. The van der Waals surface area contributed by atoms with Gasteiger partial charge in [-0.2, -0.15) is 9.78 Å². The normalized spacial score (nSPS) is 10.8. The second kappa shape index (κ2) is 8.42. The number of hydrogen-bond acceptors (Lipinski definition) is 5. The molecule has 1 N–H and O–H groups in total. The van der Waals surface area contributed by atoms with Gasteiger partial charge in [-0.05, 0) is 35.9 Å². The lowest BCUT2D eigenvalue weighted by Gasteiger charge is -2.17. The third kappa shape index (κ3) is 4.28. The van der Waals surface area contributed by atoms with Crippen molar-refractivity contribution in [3.63, 3.8) is 0 Å². The number of nitrogens with zero attached hydrogens (tertiary/aromatic N) is 4. The van der Waals surface area contributed by atoms with Crippen LogP contribution in [0.15, 0.2) is 58.1 Å². The van der Waals surface area contributed by atoms with Crippen molar-refractivity contribution in [2.75, 3.05) is 11.9 Å². The molecule has 0 unspecified atom stereocenters. The van der Waals surface area contributed by atoms with Crippen molar-refractivity contribution in [1.29, 1.82) is 0 Å². The van der Waals surface area contributed by atoms with Crippen LogP contribution >= 0.6 is 11.6 Å². The SMILES string of the molecule is CC(=O)N(C)c1cccc(-n2nc(CO)c(=O)n(Cc3ccc(Cl)cc3)c2=O)c1. The average molecular weight is 415 g/mol. The second-order valence-electron chi connectivity index (χ2n) is 6.41. The Labute approximate surface area is 171 Å². The van der Waals surface area contributed by atoms with Gasteiger partial charge >= 0.3 is 5.69 Å². The predicted molar refractivity (Wildman–Crippen MR) is 110 cm³/mol. The topological polar surface area (TPSA) is 97.4 Å². The van der Waals surface area contributed by atoms with Crippen LogP contribution in [0.4, 0.5) is 5.69 Å². The Hall–Kier alpha value is -3.23. The van der Waals surface area contributed by atoms with Crippen LogP contribution in [0.2, 0.25) is 5.02 Å². The Morgan fingerprint density at radius 3 is 2.48 bits per heavy atom. The van der Waals surface area contributed by atoms with Crippen LogP contribution in [0.25, 0.3) is 5.69 Å². The predicted octanol–water partition coefficient (Wildman–Crippen LogP) is 1.57. The van der Waals surface area contributed by atoms with Crippen LogP contribution in [0, 0.1) is 0 Å². The molecule has 0 aliphatic carbocycles. The molecule has 0 spiro atoms. The molecule has 0 atom stereocenters. The number of carbonyl (C=O) groups is 1. The van der Waals surface area contributed by atoms with E-state index in [1.807, 2.05) is 0 Å². The zero-order chi connectivity index (χ0) is 21.1. The molecule has 1 aromatic heterocycles. The number of aliphatic hydroxyl groups is 1. The largest absolute Gasteiger partial charge is 0.390 e. The molecule has 0 bridgehead atoms. The zero-order valence-electron chi connectivity index (χ0n) is 15.9. The molecule has 8 nitrogen and oxygen atoms in total. The molecule has 0 saturated heterocycles. The van der Waals surface area contributed by atoms with Crippen LogP contribution in [0.5, 0.6) is 0 Å². The fraction of sp³-hybridized carbons (Fsp3) is 0.200. The molecule has 150 valence electrons. The van der Waals surface area contributed by atoms with Crippen molar-refractivity contribution in [2.24, 2.45) is 0 Å². The molecule has 1 amide bonds. The van der Waals surface area contributed by atoms with Gasteiger partial charge in [0.05, 0.1) is 18.8 Å². The van der Waals surface area contributed by atoms with E-state index in [4.69, 9.17) is 11.6 Å². The maximum absolute atomic E-state index is 13.0. The van der Waals surface area contributed by atoms with Gasteiger partial charge in [0.15, 0.2) is 5.69 Å². The van der Waals surface area contributed by atoms with E-state index in [0.29, 0.717) is 22.0 Å². The minimum atomic E-state index is -0.666. The highest BCUT2D eigenvalue weighted by molar-refractivity contribution is 6.30. The van der Waals surface area contributed by atoms with E-state index in [-0.39, 0.29) is 18.1 Å². The second-order valence-corrected chi connectivity index (χ2v) is 6.85. The number of aromatic nitrogens is 3. The summed E-state index contributed by atoms with van der Waals surface area (Å²) in [6.07, 6.45) is 0. The summed E-state index contributed by atoms with van der Waals surface area (Å²) in [7, 11) is 1.61. The fourth-order valence-electron chi connectivity index (χ4n) is 2.76. The van der Waals surface area contributed by atoms with Crippen molar-refractivity contribution in [3.05, 3.63) is 85.6 Å². The van der Waals surface area contributed by atoms with E-state index in [1.165, 1.54) is 11.8 Å². The molecule has 0 aliphatic rings. The minimum absolute atomic E-state index is 0.00258. The van der Waals surface area contributed by atoms with Crippen molar-refractivity contribution in [1.82, 2.24) is 14.3 Å². The summed E-state index contributed by atoms with van der Waals surface area (Å²) < 4.78 is 2.05. The third-order valence-electron chi connectivity index (χ3n) is 4.46. The van der Waals surface area contributed by atoms with Crippen molar-refractivity contribution in [2.45, 2.75) is 20.1 Å². The minimum Gasteiger partial charge on any atom is -0.390 e. The van der Waals surface area contributed by atoms with E-state index >= 15 is 0 Å². The highest BCUT2D eigenvalue weighted by Crippen LogP contribution is 2.16. The maximum atomic E-state index is 13.0. The van der Waals surface area contributed by atoms with Crippen LogP contribution in [0.3, 0.4) is 0 Å². The summed E-state index contributed by atoms with van der Waals surface area (Å²) in [5.74, 6) is -0.175. The molecule has 0 aliphatic heterocycles. The Bertz CT molecular complexity index is 1170. The highest BCUT2D eigenvalue weighted by atomic mass is 35.5. The smallest absolute Gasteiger partial charge is 0.352 e. The van der Waals surface area contributed by atoms with Gasteiger partial charge in [-0.1, -0.05) is 29.8 Å². The molecule has 3 rings (SSSR count). The number of halogens is 1. The van der Waals surface area contributed by atoms with Crippen LogP contribution < -0.4 is 16.1 Å². The monoisotopic (exact) mass is 414 g/mol. The molecule has 2 aromatic carbocycles. The number of benzene rings is 2. The molecule has 29 heavy (non-hydrogen) atoms. The van der Waals surface area contributed by atoms with Crippen molar-refractivity contribution < 1.29 is 9.90 Å². The molecule has 0 saturated carbocycles. The van der Waals surface area contributed by atoms with Gasteiger partial charge in [-0.25, -0.2) is 4.79 Å². The Balaban J connectivity index is 2.14. The Morgan fingerprint density at radius 1 is 1.17 bits per heavy atom. The first-order chi connectivity index (χ1) is 13.8. The van der Waals surface area contributed by atoms with E-state index in [9.17, 15) is 19.5 Å². The number of carbonyl (C=O) groups excluding carboxylic acids is 1. The summed E-state index contributed by atoms with van der Waals surface area (Å²) >= 11 is 5.89. The summed E-state index contributed by atoms with van der Waals surface area (Å²) in [5, 5.41) is 14.1. The van der Waals surface area contributed by atoms with Gasteiger partial charge in [0, 0.05) is 24.7 Å². The summed E-state index contributed by atoms with van der Waals surface area (Å²) in [6.45, 7) is 0.803. The molecule has 9 heteroatoms. The molecule has 3 aromatic rings. The van der Waals surface area contributed by atoms with Gasteiger partial charge in [-0.15, -0.1) is 0 Å². The lowest BCUT2D eigenvalue weighted by molar-refractivity contribution is -0.116. The van der Waals surface area contributed by atoms with Gasteiger partial charge in [0.25, 0.3) is 5.56 Å². The van der Waals surface area contributed by atoms with Gasteiger partial charge in [0.2, 0.25) is 5.91 Å². The van der Waals surface area contributed by atoms with Crippen LogP contribution in [0.1, 0.15) is 18.2 Å². The van der Waals surface area contributed by atoms with E-state index in [0.717, 1.165) is 9.25 Å². The first kappa shape index (κ1) is 20.5. The first-order valence-electron chi connectivity index (χ1n) is 8.75. The third-order valence-corrected chi connectivity index (χ3v) is 4.71. The number of rotatable bonds is 5. The summed E-state index contributed by atoms with van der Waals surface area (Å²) in [5.41, 5.74) is 0.125. The molecule has 0 fully saturated rings. The zero-order valence-corrected chi connectivity index (χ0v) is 16.6. The molecular formula is C20H19ClN4O4.